The molecule has 0 aromatic heterocycles. The second-order valence-corrected chi connectivity index (χ2v) is 7.09. The molecule has 136 valence electrons. The molecule has 8 heteroatoms. The maximum Gasteiger partial charge on any atom is 0.242 e. The number of anilines is 1. The molecule has 2 heterocycles. The standard InChI is InChI=1S/C17H20Cl2N2O4/c1-12(22)21(15-9-13(18)8-14(19)10-15)11-16(23)20-4-2-17(3-5-20)24-6-7-25-17/h8-10H,2-7,11H2,1H3. The summed E-state index contributed by atoms with van der Waals surface area (Å²) >= 11 is 12.0. The summed E-state index contributed by atoms with van der Waals surface area (Å²) in [6, 6.07) is 4.82. The van der Waals surface area contributed by atoms with E-state index in [0.717, 1.165) is 0 Å². The SMILES string of the molecule is CC(=O)N(CC(=O)N1CCC2(CC1)OCCO2)c1cc(Cl)cc(Cl)c1. The van der Waals surface area contributed by atoms with Gasteiger partial charge in [-0.25, -0.2) is 0 Å². The molecule has 3 rings (SSSR count). The number of piperidine rings is 1. The van der Waals surface area contributed by atoms with E-state index in [1.165, 1.54) is 11.8 Å². The summed E-state index contributed by atoms with van der Waals surface area (Å²) in [5.41, 5.74) is 0.509. The van der Waals surface area contributed by atoms with E-state index in [1.807, 2.05) is 0 Å². The molecule has 0 aliphatic carbocycles. The quantitative estimate of drug-likeness (QED) is 0.801. The number of nitrogens with zero attached hydrogens (tertiary/aromatic N) is 2. The van der Waals surface area contributed by atoms with Gasteiger partial charge in [0.1, 0.15) is 6.54 Å². The van der Waals surface area contributed by atoms with Crippen molar-refractivity contribution in [3.8, 4) is 0 Å². The predicted octanol–water partition coefficient (Wildman–Crippen LogP) is 2.71. The molecule has 2 amide bonds. The lowest BCUT2D eigenvalue weighted by Crippen LogP contribution is -2.50. The zero-order valence-corrected chi connectivity index (χ0v) is 15.5. The Labute approximate surface area is 156 Å². The number of hydrogen-bond acceptors (Lipinski definition) is 4. The van der Waals surface area contributed by atoms with Crippen LogP contribution in [0.15, 0.2) is 18.2 Å². The van der Waals surface area contributed by atoms with Crippen LogP contribution in [0.4, 0.5) is 5.69 Å². The van der Waals surface area contributed by atoms with Crippen molar-refractivity contribution in [2.45, 2.75) is 25.6 Å². The summed E-state index contributed by atoms with van der Waals surface area (Å²) in [5, 5.41) is 0.827. The highest BCUT2D eigenvalue weighted by atomic mass is 35.5. The van der Waals surface area contributed by atoms with E-state index in [9.17, 15) is 9.59 Å². The predicted molar refractivity (Wildman–Crippen MR) is 94.9 cm³/mol. The third kappa shape index (κ3) is 4.26. The number of halogens is 2. The summed E-state index contributed by atoms with van der Waals surface area (Å²) in [6.45, 7) is 3.64. The molecule has 0 bridgehead atoms. The summed E-state index contributed by atoms with van der Waals surface area (Å²) < 4.78 is 11.3. The van der Waals surface area contributed by atoms with Gasteiger partial charge in [0, 0.05) is 48.6 Å². The summed E-state index contributed by atoms with van der Waals surface area (Å²) in [5.74, 6) is -0.904. The van der Waals surface area contributed by atoms with Crippen LogP contribution in [0.5, 0.6) is 0 Å². The molecule has 1 aromatic carbocycles. The highest BCUT2D eigenvalue weighted by Crippen LogP contribution is 2.31. The second kappa shape index (κ2) is 7.50. The zero-order valence-electron chi connectivity index (χ0n) is 14.0. The first-order valence-electron chi connectivity index (χ1n) is 8.18. The van der Waals surface area contributed by atoms with E-state index in [0.29, 0.717) is 54.9 Å². The Bertz CT molecular complexity index is 646. The molecule has 6 nitrogen and oxygen atoms in total. The van der Waals surface area contributed by atoms with Gasteiger partial charge in [0.05, 0.1) is 13.2 Å². The third-order valence-corrected chi connectivity index (χ3v) is 4.96. The highest BCUT2D eigenvalue weighted by Gasteiger charge is 2.40. The van der Waals surface area contributed by atoms with Crippen LogP contribution in [0.2, 0.25) is 10.0 Å². The van der Waals surface area contributed by atoms with Gasteiger partial charge in [-0.05, 0) is 18.2 Å². The maximum atomic E-state index is 12.6. The van der Waals surface area contributed by atoms with Gasteiger partial charge in [-0.15, -0.1) is 0 Å². The smallest absolute Gasteiger partial charge is 0.242 e. The van der Waals surface area contributed by atoms with Gasteiger partial charge in [-0.3, -0.25) is 9.59 Å². The molecule has 2 saturated heterocycles. The lowest BCUT2D eigenvalue weighted by Gasteiger charge is -2.38. The zero-order chi connectivity index (χ0) is 18.0. The average Bonchev–Trinajstić information content (AvgIpc) is 3.00. The van der Waals surface area contributed by atoms with Gasteiger partial charge in [0.25, 0.3) is 0 Å². The molecule has 2 aliphatic heterocycles. The number of likely N-dealkylation sites (tertiary alicyclic amines) is 1. The van der Waals surface area contributed by atoms with Crippen molar-refractivity contribution in [1.82, 2.24) is 4.90 Å². The number of hydrogen-bond donors (Lipinski definition) is 0. The molecule has 1 spiro atoms. The van der Waals surface area contributed by atoms with Gasteiger partial charge in [0.2, 0.25) is 11.8 Å². The van der Waals surface area contributed by atoms with Crippen LogP contribution >= 0.6 is 23.2 Å². The summed E-state index contributed by atoms with van der Waals surface area (Å²) in [6.07, 6.45) is 1.28. The van der Waals surface area contributed by atoms with Crippen molar-refractivity contribution in [2.75, 3.05) is 37.7 Å². The van der Waals surface area contributed by atoms with E-state index >= 15 is 0 Å². The average molecular weight is 387 g/mol. The van der Waals surface area contributed by atoms with E-state index in [4.69, 9.17) is 32.7 Å². The number of benzene rings is 1. The van der Waals surface area contributed by atoms with Crippen LogP contribution < -0.4 is 4.90 Å². The number of carbonyl (C=O) groups excluding carboxylic acids is 2. The largest absolute Gasteiger partial charge is 0.347 e. The lowest BCUT2D eigenvalue weighted by atomic mass is 10.0. The van der Waals surface area contributed by atoms with Crippen molar-refractivity contribution in [2.24, 2.45) is 0 Å². The summed E-state index contributed by atoms with van der Waals surface area (Å²) in [4.78, 5) is 27.8. The number of amides is 2. The van der Waals surface area contributed by atoms with Crippen LogP contribution in [0.1, 0.15) is 19.8 Å². The molecule has 2 aliphatic rings. The van der Waals surface area contributed by atoms with Crippen molar-refractivity contribution >= 4 is 40.7 Å². The Balaban J connectivity index is 1.66. The first kappa shape index (κ1) is 18.5. The molecular formula is C17H20Cl2N2O4. The number of carbonyl (C=O) groups is 2. The van der Waals surface area contributed by atoms with Crippen molar-refractivity contribution in [3.63, 3.8) is 0 Å². The van der Waals surface area contributed by atoms with E-state index in [2.05, 4.69) is 0 Å². The van der Waals surface area contributed by atoms with Crippen LogP contribution in [-0.2, 0) is 19.1 Å². The highest BCUT2D eigenvalue weighted by molar-refractivity contribution is 6.35. The Morgan fingerprint density at radius 1 is 1.12 bits per heavy atom. The molecule has 2 fully saturated rings. The Hall–Kier alpha value is -1.34. The molecular weight excluding hydrogens is 367 g/mol. The fraction of sp³-hybridized carbons (Fsp3) is 0.529. The van der Waals surface area contributed by atoms with Crippen LogP contribution in [0, 0.1) is 0 Å². The second-order valence-electron chi connectivity index (χ2n) is 6.22. The summed E-state index contributed by atoms with van der Waals surface area (Å²) in [7, 11) is 0. The van der Waals surface area contributed by atoms with Gasteiger partial charge < -0.3 is 19.3 Å². The Morgan fingerprint density at radius 2 is 1.68 bits per heavy atom. The minimum absolute atomic E-state index is 0.0548. The normalized spacial score (nSPS) is 19.2. The minimum Gasteiger partial charge on any atom is -0.347 e. The van der Waals surface area contributed by atoms with Crippen molar-refractivity contribution < 1.29 is 19.1 Å². The molecule has 0 radical (unpaired) electrons. The topological polar surface area (TPSA) is 59.1 Å². The first-order valence-corrected chi connectivity index (χ1v) is 8.94. The fourth-order valence-corrected chi connectivity index (χ4v) is 3.71. The van der Waals surface area contributed by atoms with Crippen molar-refractivity contribution in [3.05, 3.63) is 28.2 Å². The van der Waals surface area contributed by atoms with Gasteiger partial charge in [-0.2, -0.15) is 0 Å². The molecule has 25 heavy (non-hydrogen) atoms. The van der Waals surface area contributed by atoms with Crippen LogP contribution in [-0.4, -0.2) is 55.3 Å². The molecule has 0 unspecified atom stereocenters. The lowest BCUT2D eigenvalue weighted by molar-refractivity contribution is -0.187. The monoisotopic (exact) mass is 386 g/mol. The maximum absolute atomic E-state index is 12.6. The number of ether oxygens (including phenoxy) is 2. The van der Waals surface area contributed by atoms with Crippen LogP contribution in [0.3, 0.4) is 0 Å². The van der Waals surface area contributed by atoms with E-state index in [1.54, 1.807) is 23.1 Å². The number of rotatable bonds is 3. The minimum atomic E-state index is -0.530. The molecule has 0 saturated carbocycles. The molecule has 1 aromatic rings. The Morgan fingerprint density at radius 3 is 2.20 bits per heavy atom. The van der Waals surface area contributed by atoms with E-state index < -0.39 is 5.79 Å². The third-order valence-electron chi connectivity index (χ3n) is 4.52. The fourth-order valence-electron chi connectivity index (χ4n) is 3.20. The van der Waals surface area contributed by atoms with Crippen LogP contribution in [0.25, 0.3) is 0 Å². The first-order chi connectivity index (χ1) is 11.9. The molecule has 0 atom stereocenters. The van der Waals surface area contributed by atoms with Crippen molar-refractivity contribution in [1.29, 1.82) is 0 Å². The van der Waals surface area contributed by atoms with Gasteiger partial charge in [-0.1, -0.05) is 23.2 Å². The van der Waals surface area contributed by atoms with Gasteiger partial charge >= 0.3 is 0 Å². The Kier molecular flexibility index (Phi) is 5.53. The van der Waals surface area contributed by atoms with E-state index in [-0.39, 0.29) is 18.4 Å². The molecule has 0 N–H and O–H groups in total. The van der Waals surface area contributed by atoms with Gasteiger partial charge in [0.15, 0.2) is 5.79 Å².